The molecule has 112 valence electrons. The van der Waals surface area contributed by atoms with Crippen LogP contribution in [0.4, 0.5) is 0 Å². The van der Waals surface area contributed by atoms with Gasteiger partial charge in [0.05, 0.1) is 19.0 Å². The summed E-state index contributed by atoms with van der Waals surface area (Å²) in [7, 11) is 3.58. The second-order valence-electron chi connectivity index (χ2n) is 4.92. The third-order valence-electron chi connectivity index (χ3n) is 3.42. The van der Waals surface area contributed by atoms with Crippen molar-refractivity contribution in [1.29, 1.82) is 0 Å². The zero-order chi connectivity index (χ0) is 15.2. The van der Waals surface area contributed by atoms with Gasteiger partial charge in [-0.3, -0.25) is 4.98 Å². The predicted octanol–water partition coefficient (Wildman–Crippen LogP) is 3.86. The van der Waals surface area contributed by atoms with Crippen LogP contribution in [0.2, 0.25) is 0 Å². The molecule has 4 heteroatoms. The lowest BCUT2D eigenvalue weighted by atomic mass is 10.1. The lowest BCUT2D eigenvalue weighted by Crippen LogP contribution is -2.16. The molecule has 0 saturated carbocycles. The fourth-order valence-corrected chi connectivity index (χ4v) is 2.21. The summed E-state index contributed by atoms with van der Waals surface area (Å²) in [6.07, 6.45) is 2.74. The molecule has 0 spiro atoms. The Morgan fingerprint density at radius 2 is 2.00 bits per heavy atom. The van der Waals surface area contributed by atoms with Crippen LogP contribution in [0.1, 0.15) is 30.6 Å². The molecule has 2 aromatic rings. The molecule has 1 atom stereocenters. The Kier molecular flexibility index (Phi) is 5.17. The molecule has 21 heavy (non-hydrogen) atoms. The number of methoxy groups -OCH3 is 1. The van der Waals surface area contributed by atoms with E-state index in [9.17, 15) is 0 Å². The van der Waals surface area contributed by atoms with Gasteiger partial charge in [-0.1, -0.05) is 13.0 Å². The second kappa shape index (κ2) is 7.09. The highest BCUT2D eigenvalue weighted by Gasteiger charge is 2.09. The van der Waals surface area contributed by atoms with E-state index < -0.39 is 0 Å². The Hall–Kier alpha value is -2.07. The smallest absolute Gasteiger partial charge is 0.169 e. The molecule has 1 aromatic heterocycles. The highest BCUT2D eigenvalue weighted by atomic mass is 16.5. The van der Waals surface area contributed by atoms with Crippen molar-refractivity contribution in [2.24, 2.45) is 0 Å². The van der Waals surface area contributed by atoms with Crippen LogP contribution in [0, 0.1) is 6.92 Å². The summed E-state index contributed by atoms with van der Waals surface area (Å²) < 4.78 is 11.2. The van der Waals surface area contributed by atoms with Gasteiger partial charge in [-0.15, -0.1) is 0 Å². The minimum Gasteiger partial charge on any atom is -0.493 e. The molecule has 1 unspecified atom stereocenters. The highest BCUT2D eigenvalue weighted by molar-refractivity contribution is 5.44. The first-order chi connectivity index (χ1) is 10.2. The average Bonchev–Trinajstić information content (AvgIpc) is 2.52. The summed E-state index contributed by atoms with van der Waals surface area (Å²) >= 11 is 0. The number of aryl methyl sites for hydroxylation is 1. The number of aromatic nitrogens is 1. The molecule has 4 nitrogen and oxygen atoms in total. The Morgan fingerprint density at radius 3 is 2.57 bits per heavy atom. The molecule has 1 N–H and O–H groups in total. The van der Waals surface area contributed by atoms with Crippen molar-refractivity contribution in [2.45, 2.75) is 26.3 Å². The van der Waals surface area contributed by atoms with Crippen LogP contribution in [-0.4, -0.2) is 19.1 Å². The van der Waals surface area contributed by atoms with Gasteiger partial charge in [0.25, 0.3) is 0 Å². The molecule has 0 fully saturated rings. The van der Waals surface area contributed by atoms with Gasteiger partial charge in [0.15, 0.2) is 11.5 Å². The summed E-state index contributed by atoms with van der Waals surface area (Å²) in [6, 6.07) is 10.0. The van der Waals surface area contributed by atoms with E-state index in [1.165, 1.54) is 0 Å². The first-order valence-electron chi connectivity index (χ1n) is 7.13. The number of nitrogens with zero attached hydrogens (tertiary/aromatic N) is 1. The molecule has 2 rings (SSSR count). The monoisotopic (exact) mass is 286 g/mol. The zero-order valence-corrected chi connectivity index (χ0v) is 13.0. The second-order valence-corrected chi connectivity index (χ2v) is 4.92. The Labute approximate surface area is 126 Å². The molecule has 0 aliphatic rings. The van der Waals surface area contributed by atoms with Crippen LogP contribution < -0.4 is 14.8 Å². The Bertz CT molecular complexity index is 578. The van der Waals surface area contributed by atoms with E-state index in [1.807, 2.05) is 44.3 Å². The standard InChI is InChI=1S/C17H22N2O2/c1-5-14(18-3)15-8-7-13(11-19-15)21-16-9-6-12(2)10-17(16)20-4/h6-11,14,18H,5H2,1-4H3. The number of pyridine rings is 1. The van der Waals surface area contributed by atoms with E-state index in [-0.39, 0.29) is 6.04 Å². The molecule has 0 bridgehead atoms. The van der Waals surface area contributed by atoms with Gasteiger partial charge in [0.2, 0.25) is 0 Å². The average molecular weight is 286 g/mol. The predicted molar refractivity (Wildman–Crippen MR) is 84.1 cm³/mol. The highest BCUT2D eigenvalue weighted by Crippen LogP contribution is 2.32. The Morgan fingerprint density at radius 1 is 1.19 bits per heavy atom. The first kappa shape index (κ1) is 15.3. The Balaban J connectivity index is 2.17. The van der Waals surface area contributed by atoms with Gasteiger partial charge in [-0.25, -0.2) is 0 Å². The lowest BCUT2D eigenvalue weighted by Gasteiger charge is -2.14. The molecule has 0 aliphatic heterocycles. The largest absolute Gasteiger partial charge is 0.493 e. The maximum absolute atomic E-state index is 5.85. The topological polar surface area (TPSA) is 43.4 Å². The van der Waals surface area contributed by atoms with Crippen LogP contribution in [0.25, 0.3) is 0 Å². The molecular formula is C17H22N2O2. The summed E-state index contributed by atoms with van der Waals surface area (Å²) in [6.45, 7) is 4.15. The fourth-order valence-electron chi connectivity index (χ4n) is 2.21. The van der Waals surface area contributed by atoms with Crippen molar-refractivity contribution in [3.63, 3.8) is 0 Å². The van der Waals surface area contributed by atoms with Gasteiger partial charge in [0, 0.05) is 6.04 Å². The molecule has 0 aliphatic carbocycles. The normalized spacial score (nSPS) is 12.0. The first-order valence-corrected chi connectivity index (χ1v) is 7.13. The van der Waals surface area contributed by atoms with E-state index in [2.05, 4.69) is 17.2 Å². The van der Waals surface area contributed by atoms with Crippen molar-refractivity contribution < 1.29 is 9.47 Å². The van der Waals surface area contributed by atoms with Crippen LogP contribution in [0.3, 0.4) is 0 Å². The molecule has 1 heterocycles. The van der Waals surface area contributed by atoms with Gasteiger partial charge >= 0.3 is 0 Å². The maximum Gasteiger partial charge on any atom is 0.169 e. The van der Waals surface area contributed by atoms with Gasteiger partial charge < -0.3 is 14.8 Å². The fraction of sp³-hybridized carbons (Fsp3) is 0.353. The summed E-state index contributed by atoms with van der Waals surface area (Å²) in [4.78, 5) is 4.46. The van der Waals surface area contributed by atoms with Gasteiger partial charge in [0.1, 0.15) is 5.75 Å². The van der Waals surface area contributed by atoms with Crippen LogP contribution in [0.5, 0.6) is 17.2 Å². The van der Waals surface area contributed by atoms with E-state index in [0.29, 0.717) is 11.5 Å². The van der Waals surface area contributed by atoms with Gasteiger partial charge in [-0.2, -0.15) is 0 Å². The van der Waals surface area contributed by atoms with Crippen molar-refractivity contribution in [1.82, 2.24) is 10.3 Å². The SMILES string of the molecule is CCC(NC)c1ccc(Oc2ccc(C)cc2OC)cn1. The van der Waals surface area contributed by atoms with Gasteiger partial charge in [-0.05, 0) is 50.2 Å². The molecule has 0 saturated heterocycles. The van der Waals surface area contributed by atoms with Crippen molar-refractivity contribution in [2.75, 3.05) is 14.2 Å². The van der Waals surface area contributed by atoms with Crippen LogP contribution >= 0.6 is 0 Å². The van der Waals surface area contributed by atoms with Crippen molar-refractivity contribution in [3.8, 4) is 17.2 Å². The molecule has 0 radical (unpaired) electrons. The van der Waals surface area contributed by atoms with E-state index in [0.717, 1.165) is 23.4 Å². The molecular weight excluding hydrogens is 264 g/mol. The number of rotatable bonds is 6. The van der Waals surface area contributed by atoms with E-state index in [4.69, 9.17) is 9.47 Å². The summed E-state index contributed by atoms with van der Waals surface area (Å²) in [5, 5.41) is 3.24. The summed E-state index contributed by atoms with van der Waals surface area (Å²) in [5.74, 6) is 2.12. The number of hydrogen-bond donors (Lipinski definition) is 1. The molecule has 0 amide bonds. The van der Waals surface area contributed by atoms with Crippen LogP contribution in [0.15, 0.2) is 36.5 Å². The number of nitrogens with one attached hydrogen (secondary N) is 1. The third-order valence-corrected chi connectivity index (χ3v) is 3.42. The van der Waals surface area contributed by atoms with Crippen molar-refractivity contribution in [3.05, 3.63) is 47.8 Å². The summed E-state index contributed by atoms with van der Waals surface area (Å²) in [5.41, 5.74) is 2.15. The minimum absolute atomic E-state index is 0.271. The molecule has 1 aromatic carbocycles. The van der Waals surface area contributed by atoms with E-state index in [1.54, 1.807) is 13.3 Å². The minimum atomic E-state index is 0.271. The number of benzene rings is 1. The third kappa shape index (κ3) is 3.73. The quantitative estimate of drug-likeness (QED) is 0.875. The van der Waals surface area contributed by atoms with Crippen LogP contribution in [-0.2, 0) is 0 Å². The zero-order valence-electron chi connectivity index (χ0n) is 13.0. The number of hydrogen-bond acceptors (Lipinski definition) is 4. The van der Waals surface area contributed by atoms with E-state index >= 15 is 0 Å². The lowest BCUT2D eigenvalue weighted by molar-refractivity contribution is 0.378. The maximum atomic E-state index is 5.85. The van der Waals surface area contributed by atoms with Crippen molar-refractivity contribution >= 4 is 0 Å². The number of ether oxygens (including phenoxy) is 2.